The van der Waals surface area contributed by atoms with Crippen molar-refractivity contribution in [3.8, 4) is 5.69 Å². The third-order valence-electron chi connectivity index (χ3n) is 2.80. The largest absolute Gasteiger partial charge is 0.233 e. The first kappa shape index (κ1) is 13.0. The van der Waals surface area contributed by atoms with Gasteiger partial charge in [0.15, 0.2) is 0 Å². The predicted octanol–water partition coefficient (Wildman–Crippen LogP) is 3.51. The van der Waals surface area contributed by atoms with Crippen molar-refractivity contribution in [3.63, 3.8) is 0 Å². The summed E-state index contributed by atoms with van der Waals surface area (Å²) in [5, 5.41) is 4.15. The lowest BCUT2D eigenvalue weighted by molar-refractivity contribution is 0.585. The summed E-state index contributed by atoms with van der Waals surface area (Å²) < 4.78 is 29.5. The molecule has 95 valence electrons. The molecule has 0 amide bonds. The van der Waals surface area contributed by atoms with Crippen LogP contribution in [0, 0.1) is 46.8 Å². The Kier molecular flexibility index (Phi) is 3.56. The van der Waals surface area contributed by atoms with E-state index in [1.165, 1.54) is 4.68 Å². The summed E-state index contributed by atoms with van der Waals surface area (Å²) in [6.45, 7) is 0. The van der Waals surface area contributed by atoms with Gasteiger partial charge in [-0.05, 0) is 60.4 Å². The maximum Gasteiger partial charge on any atom is 0.149 e. The van der Waals surface area contributed by atoms with E-state index in [1.54, 1.807) is 6.20 Å². The molecule has 0 atom stereocenters. The van der Waals surface area contributed by atoms with E-state index in [-0.39, 0.29) is 5.69 Å². The average molecular weight is 369 g/mol. The predicted molar refractivity (Wildman–Crippen MR) is 75.7 cm³/mol. The number of rotatable bonds is 2. The molecular weight excluding hydrogens is 361 g/mol. The van der Waals surface area contributed by atoms with Gasteiger partial charge >= 0.3 is 0 Å². The van der Waals surface area contributed by atoms with Gasteiger partial charge in [0, 0.05) is 12.0 Å². The summed E-state index contributed by atoms with van der Waals surface area (Å²) in [5.41, 5.74) is 0.870. The van der Waals surface area contributed by atoms with Gasteiger partial charge in [0.25, 0.3) is 0 Å². The van der Waals surface area contributed by atoms with E-state index in [0.717, 1.165) is 33.4 Å². The minimum atomic E-state index is -0.506. The molecule has 1 aliphatic carbocycles. The van der Waals surface area contributed by atoms with Crippen LogP contribution >= 0.6 is 22.6 Å². The number of nitrogens with zero attached hydrogens (tertiary/aromatic N) is 2. The molecule has 1 heterocycles. The van der Waals surface area contributed by atoms with E-state index in [4.69, 9.17) is 0 Å². The highest BCUT2D eigenvalue weighted by Gasteiger charge is 2.26. The van der Waals surface area contributed by atoms with E-state index in [9.17, 15) is 8.78 Å². The number of hydrogen-bond acceptors (Lipinski definition) is 1. The van der Waals surface area contributed by atoms with Crippen LogP contribution in [0.15, 0.2) is 24.4 Å². The Morgan fingerprint density at radius 3 is 2.58 bits per heavy atom. The molecule has 0 unspecified atom stereocenters. The highest BCUT2D eigenvalue weighted by atomic mass is 127. The Morgan fingerprint density at radius 1 is 1.11 bits per heavy atom. The SMILES string of the molecule is Fc1ccc(F)c(-n2ncc(I)c2[C]2[CH][CH][CH][CH]2)c1. The Labute approximate surface area is 124 Å². The van der Waals surface area contributed by atoms with E-state index in [1.807, 2.05) is 25.7 Å². The van der Waals surface area contributed by atoms with Crippen LogP contribution < -0.4 is 0 Å². The van der Waals surface area contributed by atoms with Gasteiger partial charge in [-0.25, -0.2) is 13.5 Å². The second kappa shape index (κ2) is 5.19. The van der Waals surface area contributed by atoms with Crippen LogP contribution in [0.4, 0.5) is 8.78 Å². The Balaban J connectivity index is 2.12. The molecule has 0 N–H and O–H groups in total. The lowest BCUT2D eigenvalue weighted by Crippen LogP contribution is -2.09. The molecule has 2 nitrogen and oxygen atoms in total. The van der Waals surface area contributed by atoms with Crippen molar-refractivity contribution < 1.29 is 8.78 Å². The standard InChI is InChI=1S/C14H8F2IN2/c15-10-5-6-11(16)13(7-10)19-14(12(17)8-18-19)9-3-1-2-4-9/h1-8H. The molecule has 3 rings (SSSR count). The molecule has 1 aliphatic rings. The number of aromatic nitrogens is 2. The maximum absolute atomic E-state index is 13.9. The molecule has 0 bridgehead atoms. The number of benzene rings is 1. The molecule has 1 saturated carbocycles. The summed E-state index contributed by atoms with van der Waals surface area (Å²) >= 11 is 2.13. The Hall–Kier alpha value is -0.980. The summed E-state index contributed by atoms with van der Waals surface area (Å²) in [6.07, 6.45) is 9.24. The van der Waals surface area contributed by atoms with Crippen molar-refractivity contribution >= 4 is 22.6 Å². The van der Waals surface area contributed by atoms with Crippen LogP contribution in [0.1, 0.15) is 5.69 Å². The van der Waals surface area contributed by atoms with Gasteiger partial charge in [0.2, 0.25) is 0 Å². The average Bonchev–Trinajstić information content (AvgIpc) is 3.01. The van der Waals surface area contributed by atoms with Crippen LogP contribution in [0.25, 0.3) is 5.69 Å². The number of hydrogen-bond donors (Lipinski definition) is 0. The normalized spacial score (nSPS) is 16.2. The maximum atomic E-state index is 13.9. The quantitative estimate of drug-likeness (QED) is 0.741. The Morgan fingerprint density at radius 2 is 1.84 bits per heavy atom. The minimum Gasteiger partial charge on any atom is -0.233 e. The molecule has 19 heavy (non-hydrogen) atoms. The van der Waals surface area contributed by atoms with Gasteiger partial charge in [-0.15, -0.1) is 0 Å². The first-order valence-corrected chi connectivity index (χ1v) is 6.66. The van der Waals surface area contributed by atoms with Crippen LogP contribution in [0.5, 0.6) is 0 Å². The third-order valence-corrected chi connectivity index (χ3v) is 3.59. The Bertz CT molecular complexity index is 603. The molecule has 1 fully saturated rings. The monoisotopic (exact) mass is 369 g/mol. The van der Waals surface area contributed by atoms with Gasteiger partial charge in [0.05, 0.1) is 15.5 Å². The van der Waals surface area contributed by atoms with Crippen molar-refractivity contribution in [2.24, 2.45) is 0 Å². The van der Waals surface area contributed by atoms with E-state index in [0.29, 0.717) is 0 Å². The van der Waals surface area contributed by atoms with Crippen molar-refractivity contribution in [1.82, 2.24) is 9.78 Å². The topological polar surface area (TPSA) is 17.8 Å². The van der Waals surface area contributed by atoms with E-state index >= 15 is 0 Å². The molecule has 5 radical (unpaired) electrons. The summed E-state index contributed by atoms with van der Waals surface area (Å²) in [6, 6.07) is 3.34. The van der Waals surface area contributed by atoms with Gasteiger partial charge < -0.3 is 0 Å². The molecule has 0 spiro atoms. The van der Waals surface area contributed by atoms with Crippen molar-refractivity contribution in [1.29, 1.82) is 0 Å². The first-order chi connectivity index (χ1) is 9.16. The zero-order valence-corrected chi connectivity index (χ0v) is 11.8. The number of halogens is 3. The fourth-order valence-electron chi connectivity index (χ4n) is 1.95. The summed E-state index contributed by atoms with van der Waals surface area (Å²) in [5.74, 6) is -0.0744. The highest BCUT2D eigenvalue weighted by Crippen LogP contribution is 2.34. The van der Waals surface area contributed by atoms with Gasteiger partial charge in [-0.2, -0.15) is 5.10 Å². The van der Waals surface area contributed by atoms with Crippen LogP contribution in [-0.4, -0.2) is 9.78 Å². The fourth-order valence-corrected chi connectivity index (χ4v) is 2.62. The third kappa shape index (κ3) is 2.40. The smallest absolute Gasteiger partial charge is 0.149 e. The van der Waals surface area contributed by atoms with Crippen LogP contribution in [0.2, 0.25) is 0 Å². The molecule has 5 heteroatoms. The van der Waals surface area contributed by atoms with E-state index in [2.05, 4.69) is 27.7 Å². The minimum absolute atomic E-state index is 0.110. The van der Waals surface area contributed by atoms with E-state index < -0.39 is 11.6 Å². The lowest BCUT2D eigenvalue weighted by Gasteiger charge is -2.13. The lowest BCUT2D eigenvalue weighted by atomic mass is 10.0. The molecular formula is C14H8F2IN2. The molecule has 0 aliphatic heterocycles. The fraction of sp³-hybridized carbons (Fsp3) is 0. The van der Waals surface area contributed by atoms with Crippen LogP contribution in [0.3, 0.4) is 0 Å². The van der Waals surface area contributed by atoms with Gasteiger partial charge in [0.1, 0.15) is 17.3 Å². The zero-order chi connectivity index (χ0) is 13.4. The van der Waals surface area contributed by atoms with Crippen molar-refractivity contribution in [3.05, 3.63) is 76.9 Å². The van der Waals surface area contributed by atoms with Crippen molar-refractivity contribution in [2.75, 3.05) is 0 Å². The second-order valence-corrected chi connectivity index (χ2v) is 5.18. The summed E-state index contributed by atoms with van der Waals surface area (Å²) in [4.78, 5) is 0. The second-order valence-electron chi connectivity index (χ2n) is 4.02. The van der Waals surface area contributed by atoms with Crippen LogP contribution in [-0.2, 0) is 0 Å². The summed E-state index contributed by atoms with van der Waals surface area (Å²) in [7, 11) is 0. The van der Waals surface area contributed by atoms with Crippen molar-refractivity contribution in [2.45, 2.75) is 0 Å². The molecule has 1 aromatic carbocycles. The molecule has 0 saturated heterocycles. The zero-order valence-electron chi connectivity index (χ0n) is 9.65. The molecule has 2 aromatic rings. The van der Waals surface area contributed by atoms with Gasteiger partial charge in [-0.1, -0.05) is 0 Å². The highest BCUT2D eigenvalue weighted by molar-refractivity contribution is 14.1. The van der Waals surface area contributed by atoms with Gasteiger partial charge in [-0.3, -0.25) is 0 Å². The first-order valence-electron chi connectivity index (χ1n) is 5.58. The molecule has 1 aromatic heterocycles.